The summed E-state index contributed by atoms with van der Waals surface area (Å²) in [6.45, 7) is 7.69. The summed E-state index contributed by atoms with van der Waals surface area (Å²) in [5.74, 6) is -0.165. The van der Waals surface area contributed by atoms with Crippen LogP contribution in [0.4, 0.5) is 0 Å². The van der Waals surface area contributed by atoms with Crippen LogP contribution in [0.25, 0.3) is 0 Å². The van der Waals surface area contributed by atoms with Crippen molar-refractivity contribution in [2.75, 3.05) is 20.8 Å². The molecule has 26 heavy (non-hydrogen) atoms. The highest BCUT2D eigenvalue weighted by molar-refractivity contribution is 6.10. The van der Waals surface area contributed by atoms with E-state index in [4.69, 9.17) is 9.47 Å². The predicted octanol–water partition coefficient (Wildman–Crippen LogP) is 3.42. The summed E-state index contributed by atoms with van der Waals surface area (Å²) in [4.78, 5) is 27.1. The molecule has 1 aliphatic heterocycles. The average Bonchev–Trinajstić information content (AvgIpc) is 2.84. The molecule has 0 aliphatic carbocycles. The predicted molar refractivity (Wildman–Crippen MR) is 98.4 cm³/mol. The molecule has 2 rings (SSSR count). The smallest absolute Gasteiger partial charge is 0.290 e. The lowest BCUT2D eigenvalue weighted by Crippen LogP contribution is -2.33. The van der Waals surface area contributed by atoms with Gasteiger partial charge < -0.3 is 19.5 Å². The van der Waals surface area contributed by atoms with Crippen LogP contribution in [0.1, 0.15) is 45.7 Å². The van der Waals surface area contributed by atoms with E-state index in [2.05, 4.69) is 0 Å². The highest BCUT2D eigenvalue weighted by Gasteiger charge is 2.45. The summed E-state index contributed by atoms with van der Waals surface area (Å²) in [5.41, 5.74) is 0.116. The van der Waals surface area contributed by atoms with Crippen molar-refractivity contribution in [1.29, 1.82) is 0 Å². The van der Waals surface area contributed by atoms with Gasteiger partial charge in [-0.1, -0.05) is 33.8 Å². The second-order valence-corrected chi connectivity index (χ2v) is 7.36. The lowest BCUT2D eigenvalue weighted by atomic mass is 9.82. The van der Waals surface area contributed by atoms with Gasteiger partial charge in [-0.05, 0) is 24.1 Å². The van der Waals surface area contributed by atoms with Gasteiger partial charge in [0, 0.05) is 12.0 Å². The Hall–Kier alpha value is -2.50. The molecule has 1 unspecified atom stereocenters. The molecule has 1 atom stereocenters. The molecule has 0 radical (unpaired) electrons. The Bertz CT molecular complexity index is 745. The Morgan fingerprint density at radius 2 is 1.81 bits per heavy atom. The van der Waals surface area contributed by atoms with Gasteiger partial charge in [0.25, 0.3) is 5.91 Å². The number of ether oxygens (including phenoxy) is 2. The maximum atomic E-state index is 13.0. The SMILES string of the molecule is CCCN1C(=O)C(O)=C(C(=O)C(C)(C)C)C1c1ccc(OC)c(OC)c1. The number of ketones is 1. The first-order valence-corrected chi connectivity index (χ1v) is 8.68. The fraction of sp³-hybridized carbons (Fsp3) is 0.500. The highest BCUT2D eigenvalue weighted by atomic mass is 16.5. The van der Waals surface area contributed by atoms with Crippen LogP contribution in [0.3, 0.4) is 0 Å². The maximum absolute atomic E-state index is 13.0. The lowest BCUT2D eigenvalue weighted by molar-refractivity contribution is -0.129. The third-order valence-corrected chi connectivity index (χ3v) is 4.42. The van der Waals surface area contributed by atoms with Gasteiger partial charge in [0.1, 0.15) is 0 Å². The third kappa shape index (κ3) is 3.41. The summed E-state index contributed by atoms with van der Waals surface area (Å²) < 4.78 is 10.6. The summed E-state index contributed by atoms with van der Waals surface area (Å²) in [7, 11) is 3.07. The first kappa shape index (κ1) is 19.8. The molecular formula is C20H27NO5. The van der Waals surface area contributed by atoms with Crippen molar-refractivity contribution in [1.82, 2.24) is 4.90 Å². The quantitative estimate of drug-likeness (QED) is 0.840. The molecule has 1 aromatic rings. The van der Waals surface area contributed by atoms with Gasteiger partial charge in [0.05, 0.1) is 25.8 Å². The maximum Gasteiger partial charge on any atom is 0.290 e. The highest BCUT2D eigenvalue weighted by Crippen LogP contribution is 2.42. The number of nitrogens with zero attached hydrogens (tertiary/aromatic N) is 1. The molecular weight excluding hydrogens is 334 g/mol. The van der Waals surface area contributed by atoms with Gasteiger partial charge in [-0.3, -0.25) is 9.59 Å². The molecule has 1 aliphatic rings. The van der Waals surface area contributed by atoms with E-state index in [1.54, 1.807) is 46.1 Å². The van der Waals surface area contributed by atoms with Crippen molar-refractivity contribution in [3.8, 4) is 11.5 Å². The van der Waals surface area contributed by atoms with E-state index in [-0.39, 0.29) is 11.4 Å². The molecule has 1 aromatic carbocycles. The molecule has 1 heterocycles. The van der Waals surface area contributed by atoms with E-state index >= 15 is 0 Å². The van der Waals surface area contributed by atoms with Crippen LogP contribution in [0.2, 0.25) is 0 Å². The molecule has 6 heteroatoms. The van der Waals surface area contributed by atoms with Gasteiger partial charge in [0.15, 0.2) is 23.0 Å². The lowest BCUT2D eigenvalue weighted by Gasteiger charge is -2.29. The molecule has 0 bridgehead atoms. The molecule has 0 saturated carbocycles. The van der Waals surface area contributed by atoms with Gasteiger partial charge in [-0.15, -0.1) is 0 Å². The number of benzene rings is 1. The van der Waals surface area contributed by atoms with Crippen molar-refractivity contribution in [3.63, 3.8) is 0 Å². The van der Waals surface area contributed by atoms with Crippen molar-refractivity contribution in [3.05, 3.63) is 35.1 Å². The number of rotatable bonds is 6. The van der Waals surface area contributed by atoms with Gasteiger partial charge in [-0.25, -0.2) is 0 Å². The Kier molecular flexibility index (Phi) is 5.64. The molecule has 0 fully saturated rings. The number of carbonyl (C=O) groups excluding carboxylic acids is 2. The minimum atomic E-state index is -0.722. The minimum Gasteiger partial charge on any atom is -0.503 e. The molecule has 142 valence electrons. The summed E-state index contributed by atoms with van der Waals surface area (Å²) in [6.07, 6.45) is 0.708. The fourth-order valence-corrected chi connectivity index (χ4v) is 3.13. The van der Waals surface area contributed by atoms with E-state index in [0.29, 0.717) is 30.0 Å². The molecule has 0 saturated heterocycles. The van der Waals surface area contributed by atoms with Crippen LogP contribution in [0, 0.1) is 5.41 Å². The van der Waals surface area contributed by atoms with Gasteiger partial charge in [0.2, 0.25) is 0 Å². The van der Waals surface area contributed by atoms with E-state index in [0.717, 1.165) is 0 Å². The van der Waals surface area contributed by atoms with Crippen LogP contribution in [-0.4, -0.2) is 42.5 Å². The van der Waals surface area contributed by atoms with Crippen LogP contribution >= 0.6 is 0 Å². The Morgan fingerprint density at radius 1 is 1.19 bits per heavy atom. The Balaban J connectivity index is 2.63. The van der Waals surface area contributed by atoms with E-state index in [1.165, 1.54) is 12.0 Å². The second-order valence-electron chi connectivity index (χ2n) is 7.36. The van der Waals surface area contributed by atoms with Crippen LogP contribution < -0.4 is 9.47 Å². The summed E-state index contributed by atoms with van der Waals surface area (Å²) in [5, 5.41) is 10.5. The first-order valence-electron chi connectivity index (χ1n) is 8.68. The largest absolute Gasteiger partial charge is 0.503 e. The van der Waals surface area contributed by atoms with Gasteiger partial charge in [-0.2, -0.15) is 0 Å². The van der Waals surface area contributed by atoms with Crippen LogP contribution in [-0.2, 0) is 9.59 Å². The normalized spacial score (nSPS) is 17.7. The molecule has 1 N–H and O–H groups in total. The number of aliphatic hydroxyl groups is 1. The monoisotopic (exact) mass is 361 g/mol. The number of hydrogen-bond acceptors (Lipinski definition) is 5. The number of methoxy groups -OCH3 is 2. The van der Waals surface area contributed by atoms with Crippen LogP contribution in [0.5, 0.6) is 11.5 Å². The molecule has 0 aromatic heterocycles. The number of Topliss-reactive ketones (excluding diaryl/α,β-unsaturated/α-hetero) is 1. The van der Waals surface area contributed by atoms with Crippen LogP contribution in [0.15, 0.2) is 29.5 Å². The Labute approximate surface area is 154 Å². The van der Waals surface area contributed by atoms with Gasteiger partial charge >= 0.3 is 0 Å². The zero-order valence-electron chi connectivity index (χ0n) is 16.3. The van der Waals surface area contributed by atoms with Crippen molar-refractivity contribution < 1.29 is 24.2 Å². The zero-order valence-corrected chi connectivity index (χ0v) is 16.3. The average molecular weight is 361 g/mol. The van der Waals surface area contributed by atoms with Crippen molar-refractivity contribution >= 4 is 11.7 Å². The molecule has 1 amide bonds. The third-order valence-electron chi connectivity index (χ3n) is 4.42. The molecule has 6 nitrogen and oxygen atoms in total. The number of carbonyl (C=O) groups is 2. The zero-order chi connectivity index (χ0) is 19.6. The molecule has 0 spiro atoms. The number of amides is 1. The van der Waals surface area contributed by atoms with Crippen molar-refractivity contribution in [2.45, 2.75) is 40.2 Å². The summed E-state index contributed by atoms with van der Waals surface area (Å²) >= 11 is 0. The fourth-order valence-electron chi connectivity index (χ4n) is 3.13. The van der Waals surface area contributed by atoms with E-state index < -0.39 is 23.1 Å². The van der Waals surface area contributed by atoms with Crippen molar-refractivity contribution in [2.24, 2.45) is 5.41 Å². The van der Waals surface area contributed by atoms with E-state index in [9.17, 15) is 14.7 Å². The minimum absolute atomic E-state index is 0.142. The first-order chi connectivity index (χ1) is 12.2. The summed E-state index contributed by atoms with van der Waals surface area (Å²) in [6, 6.07) is 4.62. The number of hydrogen-bond donors (Lipinski definition) is 1. The topological polar surface area (TPSA) is 76.1 Å². The van der Waals surface area contributed by atoms with E-state index in [1.807, 2.05) is 6.92 Å². The number of aliphatic hydroxyl groups excluding tert-OH is 1. The standard InChI is InChI=1S/C20H27NO5/c1-7-10-21-16(12-8-9-13(25-5)14(11-12)26-6)15(17(22)19(21)24)18(23)20(2,3)4/h8-9,11,16,22H,7,10H2,1-6H3. The second kappa shape index (κ2) is 7.40. The Morgan fingerprint density at radius 3 is 2.31 bits per heavy atom.